The first-order valence-corrected chi connectivity index (χ1v) is 12.7. The SMILES string of the molecule is CCN(CC)C(=O)c1ccc(S(=O)(=O)NCC(c2c(F)cccc2Cl)N2CCCC2)cc1. The second-order valence-corrected chi connectivity index (χ2v) is 9.92. The van der Waals surface area contributed by atoms with E-state index >= 15 is 0 Å². The number of benzene rings is 2. The number of nitrogens with one attached hydrogen (secondary N) is 1. The molecule has 2 aromatic rings. The van der Waals surface area contributed by atoms with E-state index in [4.69, 9.17) is 11.6 Å². The number of likely N-dealkylation sites (tertiary alicyclic amines) is 1. The average molecular weight is 482 g/mol. The van der Waals surface area contributed by atoms with Crippen molar-refractivity contribution in [1.82, 2.24) is 14.5 Å². The van der Waals surface area contributed by atoms with Crippen LogP contribution in [-0.2, 0) is 10.0 Å². The Balaban J connectivity index is 1.79. The fraction of sp³-hybridized carbons (Fsp3) is 0.435. The number of hydrogen-bond acceptors (Lipinski definition) is 4. The molecular weight excluding hydrogens is 453 g/mol. The van der Waals surface area contributed by atoms with Crippen molar-refractivity contribution in [3.05, 3.63) is 64.4 Å². The third kappa shape index (κ3) is 5.49. The lowest BCUT2D eigenvalue weighted by Crippen LogP contribution is -2.37. The van der Waals surface area contributed by atoms with Crippen LogP contribution in [0.25, 0.3) is 0 Å². The van der Waals surface area contributed by atoms with Crippen molar-refractivity contribution in [2.75, 3.05) is 32.7 Å². The summed E-state index contributed by atoms with van der Waals surface area (Å²) in [6, 6.07) is 9.84. The summed E-state index contributed by atoms with van der Waals surface area (Å²) < 4.78 is 43.1. The van der Waals surface area contributed by atoms with Gasteiger partial charge in [-0.25, -0.2) is 17.5 Å². The maximum absolute atomic E-state index is 14.6. The lowest BCUT2D eigenvalue weighted by atomic mass is 10.0. The Hall–Kier alpha value is -2.00. The van der Waals surface area contributed by atoms with E-state index in [1.165, 1.54) is 36.4 Å². The summed E-state index contributed by atoms with van der Waals surface area (Å²) in [7, 11) is -3.86. The maximum atomic E-state index is 14.6. The first-order chi connectivity index (χ1) is 15.3. The minimum Gasteiger partial charge on any atom is -0.339 e. The zero-order chi connectivity index (χ0) is 23.3. The van der Waals surface area contributed by atoms with Gasteiger partial charge in [0.05, 0.1) is 10.9 Å². The summed E-state index contributed by atoms with van der Waals surface area (Å²) in [5, 5.41) is 0.278. The normalized spacial score (nSPS) is 15.6. The molecule has 1 atom stereocenters. The molecular formula is C23H29ClFN3O3S. The molecule has 0 spiro atoms. The summed E-state index contributed by atoms with van der Waals surface area (Å²) in [4.78, 5) is 16.2. The van der Waals surface area contributed by atoms with Crippen LogP contribution in [-0.4, -0.2) is 56.8 Å². The Morgan fingerprint density at radius 1 is 1.12 bits per heavy atom. The van der Waals surface area contributed by atoms with Crippen molar-refractivity contribution in [2.24, 2.45) is 0 Å². The minimum absolute atomic E-state index is 0.0108. The Morgan fingerprint density at radius 3 is 2.31 bits per heavy atom. The monoisotopic (exact) mass is 481 g/mol. The zero-order valence-corrected chi connectivity index (χ0v) is 19.9. The molecule has 174 valence electrons. The highest BCUT2D eigenvalue weighted by atomic mass is 35.5. The second kappa shape index (κ2) is 10.7. The highest BCUT2D eigenvalue weighted by Crippen LogP contribution is 2.32. The average Bonchev–Trinajstić information content (AvgIpc) is 3.31. The summed E-state index contributed by atoms with van der Waals surface area (Å²) in [6.45, 7) is 6.42. The number of halogens is 2. The molecule has 32 heavy (non-hydrogen) atoms. The van der Waals surface area contributed by atoms with Gasteiger partial charge < -0.3 is 4.90 Å². The van der Waals surface area contributed by atoms with E-state index in [0.717, 1.165) is 25.9 Å². The molecule has 0 saturated carbocycles. The molecule has 1 heterocycles. The Morgan fingerprint density at radius 2 is 1.75 bits per heavy atom. The first-order valence-electron chi connectivity index (χ1n) is 10.9. The predicted octanol–water partition coefficient (Wildman–Crippen LogP) is 4.08. The molecule has 1 N–H and O–H groups in total. The Kier molecular flexibility index (Phi) is 8.27. The molecule has 0 aromatic heterocycles. The molecule has 1 unspecified atom stereocenters. The molecule has 0 radical (unpaired) electrons. The van der Waals surface area contributed by atoms with E-state index in [0.29, 0.717) is 24.2 Å². The zero-order valence-electron chi connectivity index (χ0n) is 18.4. The largest absolute Gasteiger partial charge is 0.339 e. The second-order valence-electron chi connectivity index (χ2n) is 7.75. The van der Waals surface area contributed by atoms with E-state index in [9.17, 15) is 17.6 Å². The van der Waals surface area contributed by atoms with Gasteiger partial charge in [0, 0.05) is 35.8 Å². The van der Waals surface area contributed by atoms with Crippen LogP contribution in [0.5, 0.6) is 0 Å². The van der Waals surface area contributed by atoms with Crippen LogP contribution in [0, 0.1) is 5.82 Å². The van der Waals surface area contributed by atoms with Crippen molar-refractivity contribution < 1.29 is 17.6 Å². The molecule has 1 saturated heterocycles. The van der Waals surface area contributed by atoms with Gasteiger partial charge in [-0.2, -0.15) is 0 Å². The topological polar surface area (TPSA) is 69.7 Å². The summed E-state index contributed by atoms with van der Waals surface area (Å²) in [5.41, 5.74) is 0.736. The molecule has 1 aliphatic heterocycles. The van der Waals surface area contributed by atoms with Gasteiger partial charge in [0.25, 0.3) is 5.91 Å². The molecule has 1 fully saturated rings. The molecule has 1 aliphatic rings. The lowest BCUT2D eigenvalue weighted by Gasteiger charge is -2.29. The number of sulfonamides is 1. The van der Waals surface area contributed by atoms with Crippen molar-refractivity contribution >= 4 is 27.5 Å². The van der Waals surface area contributed by atoms with Gasteiger partial charge in [-0.15, -0.1) is 0 Å². The molecule has 6 nitrogen and oxygen atoms in total. The van der Waals surface area contributed by atoms with E-state index in [-0.39, 0.29) is 22.4 Å². The van der Waals surface area contributed by atoms with Crippen molar-refractivity contribution in [3.8, 4) is 0 Å². The standard InChI is InChI=1S/C23H29ClFN3O3S/c1-3-27(4-2)23(29)17-10-12-18(13-11-17)32(30,31)26-16-21(28-14-5-6-15-28)22-19(24)8-7-9-20(22)25/h7-13,21,26H,3-6,14-16H2,1-2H3. The van der Waals surface area contributed by atoms with E-state index < -0.39 is 21.9 Å². The fourth-order valence-electron chi connectivity index (χ4n) is 4.04. The smallest absolute Gasteiger partial charge is 0.253 e. The quantitative estimate of drug-likeness (QED) is 0.586. The number of carbonyl (C=O) groups excluding carboxylic acids is 1. The van der Waals surface area contributed by atoms with Gasteiger partial charge in [-0.05, 0) is 76.2 Å². The molecule has 1 amide bonds. The van der Waals surface area contributed by atoms with Crippen molar-refractivity contribution in [1.29, 1.82) is 0 Å². The highest BCUT2D eigenvalue weighted by Gasteiger charge is 2.29. The van der Waals surface area contributed by atoms with Crippen LogP contribution in [0.1, 0.15) is 48.7 Å². The third-order valence-electron chi connectivity index (χ3n) is 5.84. The molecule has 0 bridgehead atoms. The number of carbonyl (C=O) groups is 1. The number of amides is 1. The van der Waals surface area contributed by atoms with E-state index in [1.807, 2.05) is 13.8 Å². The summed E-state index contributed by atoms with van der Waals surface area (Å²) >= 11 is 6.29. The van der Waals surface area contributed by atoms with Crippen LogP contribution < -0.4 is 4.72 Å². The number of nitrogens with zero attached hydrogens (tertiary/aromatic N) is 2. The first kappa shape index (κ1) is 24.6. The van der Waals surface area contributed by atoms with Crippen LogP contribution in [0.4, 0.5) is 4.39 Å². The van der Waals surface area contributed by atoms with E-state index in [2.05, 4.69) is 9.62 Å². The Bertz CT molecular complexity index is 1020. The predicted molar refractivity (Wildman–Crippen MR) is 124 cm³/mol. The van der Waals surface area contributed by atoms with Crippen molar-refractivity contribution in [3.63, 3.8) is 0 Å². The van der Waals surface area contributed by atoms with E-state index in [1.54, 1.807) is 11.0 Å². The fourth-order valence-corrected chi connectivity index (χ4v) is 5.37. The lowest BCUT2D eigenvalue weighted by molar-refractivity contribution is 0.0773. The van der Waals surface area contributed by atoms with Gasteiger partial charge in [0.1, 0.15) is 5.82 Å². The van der Waals surface area contributed by atoms with Gasteiger partial charge in [-0.3, -0.25) is 9.69 Å². The summed E-state index contributed by atoms with van der Waals surface area (Å²) in [5.74, 6) is -0.594. The Labute approximate surface area is 194 Å². The summed E-state index contributed by atoms with van der Waals surface area (Å²) in [6.07, 6.45) is 1.94. The third-order valence-corrected chi connectivity index (χ3v) is 7.61. The number of rotatable bonds is 9. The van der Waals surface area contributed by atoms with Crippen LogP contribution in [0.2, 0.25) is 5.02 Å². The minimum atomic E-state index is -3.86. The molecule has 0 aliphatic carbocycles. The van der Waals surface area contributed by atoms with Crippen LogP contribution in [0.15, 0.2) is 47.4 Å². The highest BCUT2D eigenvalue weighted by molar-refractivity contribution is 7.89. The van der Waals surface area contributed by atoms with Crippen molar-refractivity contribution in [2.45, 2.75) is 37.6 Å². The molecule has 2 aromatic carbocycles. The maximum Gasteiger partial charge on any atom is 0.253 e. The molecule has 9 heteroatoms. The van der Waals surface area contributed by atoms with Crippen LogP contribution in [0.3, 0.4) is 0 Å². The number of hydrogen-bond donors (Lipinski definition) is 1. The van der Waals surface area contributed by atoms with Crippen LogP contribution >= 0.6 is 11.6 Å². The molecule has 3 rings (SSSR count). The van der Waals surface area contributed by atoms with Gasteiger partial charge >= 0.3 is 0 Å². The van der Waals surface area contributed by atoms with Gasteiger partial charge in [-0.1, -0.05) is 17.7 Å². The van der Waals surface area contributed by atoms with Gasteiger partial charge in [0.15, 0.2) is 0 Å². The van der Waals surface area contributed by atoms with Gasteiger partial charge in [0.2, 0.25) is 10.0 Å².